The second kappa shape index (κ2) is 6.94. The number of hydrogen-bond donors (Lipinski definition) is 2. The van der Waals surface area contributed by atoms with Gasteiger partial charge >= 0.3 is 0 Å². The van der Waals surface area contributed by atoms with Crippen molar-refractivity contribution in [2.45, 2.75) is 26.3 Å². The zero-order valence-corrected chi connectivity index (χ0v) is 12.4. The average molecular weight is 298 g/mol. The van der Waals surface area contributed by atoms with Gasteiger partial charge < -0.3 is 10.3 Å². The minimum absolute atomic E-state index is 0.578. The van der Waals surface area contributed by atoms with E-state index in [1.165, 1.54) is 0 Å². The normalized spacial score (nSPS) is 10.9. The van der Waals surface area contributed by atoms with Gasteiger partial charge in [-0.15, -0.1) is 0 Å². The van der Waals surface area contributed by atoms with Crippen LogP contribution in [0.2, 0.25) is 10.0 Å². The fourth-order valence-electron chi connectivity index (χ4n) is 1.83. The number of nitrogens with one attached hydrogen (secondary N) is 2. The Morgan fingerprint density at radius 2 is 2.11 bits per heavy atom. The number of aromatic nitrogens is 2. The lowest BCUT2D eigenvalue weighted by Gasteiger charge is -2.02. The van der Waals surface area contributed by atoms with Crippen LogP contribution in [0, 0.1) is 0 Å². The highest BCUT2D eigenvalue weighted by molar-refractivity contribution is 6.42. The molecule has 3 nitrogen and oxygen atoms in total. The number of nitrogens with zero attached hydrogens (tertiary/aromatic N) is 1. The van der Waals surface area contributed by atoms with E-state index in [9.17, 15) is 0 Å². The number of rotatable bonds is 6. The molecule has 1 aromatic heterocycles. The molecule has 19 heavy (non-hydrogen) atoms. The van der Waals surface area contributed by atoms with E-state index < -0.39 is 0 Å². The summed E-state index contributed by atoms with van der Waals surface area (Å²) < 4.78 is 0. The molecule has 0 atom stereocenters. The minimum Gasteiger partial charge on any atom is -0.345 e. The highest BCUT2D eigenvalue weighted by atomic mass is 35.5. The van der Waals surface area contributed by atoms with Crippen molar-refractivity contribution in [3.8, 4) is 0 Å². The molecule has 2 N–H and O–H groups in total. The van der Waals surface area contributed by atoms with E-state index in [0.29, 0.717) is 10.0 Å². The zero-order valence-electron chi connectivity index (χ0n) is 10.8. The molecule has 0 spiro atoms. The number of H-pyrrole nitrogens is 1. The van der Waals surface area contributed by atoms with Crippen molar-refractivity contribution in [2.75, 3.05) is 6.54 Å². The summed E-state index contributed by atoms with van der Waals surface area (Å²) in [4.78, 5) is 7.68. The first kappa shape index (κ1) is 14.4. The Morgan fingerprint density at radius 3 is 2.84 bits per heavy atom. The highest BCUT2D eigenvalue weighted by Gasteiger charge is 2.04. The van der Waals surface area contributed by atoms with Crippen LogP contribution in [-0.4, -0.2) is 16.5 Å². The molecule has 0 amide bonds. The second-order valence-electron chi connectivity index (χ2n) is 4.46. The van der Waals surface area contributed by atoms with Crippen LogP contribution in [0.15, 0.2) is 24.4 Å². The molecule has 0 saturated carbocycles. The lowest BCUT2D eigenvalue weighted by molar-refractivity contribution is 0.665. The van der Waals surface area contributed by atoms with Gasteiger partial charge in [0.2, 0.25) is 0 Å². The summed E-state index contributed by atoms with van der Waals surface area (Å²) >= 11 is 11.9. The van der Waals surface area contributed by atoms with Crippen molar-refractivity contribution in [1.82, 2.24) is 15.3 Å². The third-order valence-electron chi connectivity index (χ3n) is 2.78. The van der Waals surface area contributed by atoms with E-state index in [-0.39, 0.29) is 0 Å². The molecule has 0 aliphatic carbocycles. The van der Waals surface area contributed by atoms with Crippen LogP contribution in [0.3, 0.4) is 0 Å². The third kappa shape index (κ3) is 4.23. The van der Waals surface area contributed by atoms with Crippen molar-refractivity contribution in [1.29, 1.82) is 0 Å². The Hall–Kier alpha value is -1.03. The monoisotopic (exact) mass is 297 g/mol. The van der Waals surface area contributed by atoms with Gasteiger partial charge in [-0.1, -0.05) is 36.2 Å². The smallest absolute Gasteiger partial charge is 0.110 e. The van der Waals surface area contributed by atoms with E-state index in [2.05, 4.69) is 22.2 Å². The molecule has 1 aromatic carbocycles. The third-order valence-corrected chi connectivity index (χ3v) is 3.52. The van der Waals surface area contributed by atoms with Gasteiger partial charge in [-0.05, 0) is 30.7 Å². The molecule has 0 aliphatic rings. The number of aromatic amines is 1. The molecule has 102 valence electrons. The molecule has 2 rings (SSSR count). The first-order chi connectivity index (χ1) is 9.19. The SMILES string of the molecule is CCCNCc1cnc(Cc2ccc(Cl)c(Cl)c2)[nH]1. The van der Waals surface area contributed by atoms with Gasteiger partial charge in [-0.2, -0.15) is 0 Å². The van der Waals surface area contributed by atoms with Crippen molar-refractivity contribution in [3.05, 3.63) is 51.5 Å². The predicted octanol–water partition coefficient (Wildman–Crippen LogP) is 3.81. The van der Waals surface area contributed by atoms with Crippen LogP contribution in [-0.2, 0) is 13.0 Å². The molecule has 2 aromatic rings. The molecule has 0 bridgehead atoms. The summed E-state index contributed by atoms with van der Waals surface area (Å²) in [6, 6.07) is 5.65. The topological polar surface area (TPSA) is 40.7 Å². The van der Waals surface area contributed by atoms with Crippen molar-refractivity contribution < 1.29 is 0 Å². The molecular weight excluding hydrogens is 281 g/mol. The number of hydrogen-bond acceptors (Lipinski definition) is 2. The van der Waals surface area contributed by atoms with Gasteiger partial charge in [0.15, 0.2) is 0 Å². The van der Waals surface area contributed by atoms with Crippen LogP contribution >= 0.6 is 23.2 Å². The van der Waals surface area contributed by atoms with Gasteiger partial charge in [0.05, 0.1) is 10.0 Å². The van der Waals surface area contributed by atoms with Crippen LogP contribution in [0.25, 0.3) is 0 Å². The van der Waals surface area contributed by atoms with Gasteiger partial charge in [0, 0.05) is 24.9 Å². The molecule has 0 fully saturated rings. The minimum atomic E-state index is 0.578. The molecule has 0 aliphatic heterocycles. The Kier molecular flexibility index (Phi) is 5.25. The first-order valence-electron chi connectivity index (χ1n) is 6.36. The molecular formula is C14H17Cl2N3. The summed E-state index contributed by atoms with van der Waals surface area (Å²) in [5, 5.41) is 4.49. The van der Waals surface area contributed by atoms with E-state index in [1.54, 1.807) is 0 Å². The maximum absolute atomic E-state index is 6.00. The predicted molar refractivity (Wildman–Crippen MR) is 79.9 cm³/mol. The van der Waals surface area contributed by atoms with Gasteiger partial charge in [0.1, 0.15) is 5.82 Å². The quantitative estimate of drug-likeness (QED) is 0.796. The average Bonchev–Trinajstić information content (AvgIpc) is 2.82. The van der Waals surface area contributed by atoms with Crippen LogP contribution < -0.4 is 5.32 Å². The number of imidazole rings is 1. The fraction of sp³-hybridized carbons (Fsp3) is 0.357. The Labute approximate surface area is 123 Å². The van der Waals surface area contributed by atoms with Gasteiger partial charge in [0.25, 0.3) is 0 Å². The largest absolute Gasteiger partial charge is 0.345 e. The highest BCUT2D eigenvalue weighted by Crippen LogP contribution is 2.23. The van der Waals surface area contributed by atoms with Crippen molar-refractivity contribution in [2.24, 2.45) is 0 Å². The van der Waals surface area contributed by atoms with Crippen molar-refractivity contribution >= 4 is 23.2 Å². The van der Waals surface area contributed by atoms with Gasteiger partial charge in [-0.3, -0.25) is 0 Å². The standard InChI is InChI=1S/C14H17Cl2N3/c1-2-5-17-8-11-9-18-14(19-11)7-10-3-4-12(15)13(16)6-10/h3-4,6,9,17H,2,5,7-8H2,1H3,(H,18,19). The summed E-state index contributed by atoms with van der Waals surface area (Å²) in [6.45, 7) is 3.99. The van der Waals surface area contributed by atoms with Gasteiger partial charge in [-0.25, -0.2) is 4.98 Å². The number of halogens is 2. The Balaban J connectivity index is 1.97. The van der Waals surface area contributed by atoms with E-state index in [0.717, 1.165) is 43.0 Å². The van der Waals surface area contributed by atoms with Crippen LogP contribution in [0.5, 0.6) is 0 Å². The lowest BCUT2D eigenvalue weighted by Crippen LogP contribution is -2.13. The summed E-state index contributed by atoms with van der Waals surface area (Å²) in [5.74, 6) is 0.937. The molecule has 5 heteroatoms. The maximum Gasteiger partial charge on any atom is 0.110 e. The molecule has 0 unspecified atom stereocenters. The maximum atomic E-state index is 6.00. The Morgan fingerprint density at radius 1 is 1.26 bits per heavy atom. The molecule has 1 heterocycles. The first-order valence-corrected chi connectivity index (χ1v) is 7.12. The van der Waals surface area contributed by atoms with Crippen LogP contribution in [0.4, 0.5) is 0 Å². The lowest BCUT2D eigenvalue weighted by atomic mass is 10.1. The van der Waals surface area contributed by atoms with Crippen LogP contribution in [0.1, 0.15) is 30.4 Å². The zero-order chi connectivity index (χ0) is 13.7. The Bertz CT molecular complexity index is 537. The summed E-state index contributed by atoms with van der Waals surface area (Å²) in [7, 11) is 0. The number of benzene rings is 1. The molecule has 0 radical (unpaired) electrons. The van der Waals surface area contributed by atoms with Crippen molar-refractivity contribution in [3.63, 3.8) is 0 Å². The van der Waals surface area contributed by atoms with E-state index in [4.69, 9.17) is 23.2 Å². The summed E-state index contributed by atoms with van der Waals surface area (Å²) in [5.41, 5.74) is 2.19. The van der Waals surface area contributed by atoms with E-state index >= 15 is 0 Å². The summed E-state index contributed by atoms with van der Waals surface area (Å²) in [6.07, 6.45) is 3.73. The second-order valence-corrected chi connectivity index (χ2v) is 5.27. The van der Waals surface area contributed by atoms with E-state index in [1.807, 2.05) is 24.4 Å². The molecule has 0 saturated heterocycles. The fourth-order valence-corrected chi connectivity index (χ4v) is 2.15.